The molecule has 2 unspecified atom stereocenters. The summed E-state index contributed by atoms with van der Waals surface area (Å²) >= 11 is 1.69. The number of ether oxygens (including phenoxy) is 1. The van der Waals surface area contributed by atoms with Crippen LogP contribution in [0.2, 0.25) is 0 Å². The predicted octanol–water partition coefficient (Wildman–Crippen LogP) is 3.38. The van der Waals surface area contributed by atoms with Gasteiger partial charge < -0.3 is 19.9 Å². The second-order valence-corrected chi connectivity index (χ2v) is 9.42. The molecule has 0 aromatic carbocycles. The molecule has 2 aromatic rings. The highest BCUT2D eigenvalue weighted by atomic mass is 32.1. The Morgan fingerprint density at radius 2 is 2.14 bits per heavy atom. The van der Waals surface area contributed by atoms with Gasteiger partial charge >= 0.3 is 6.09 Å². The quantitative estimate of drug-likeness (QED) is 0.795. The van der Waals surface area contributed by atoms with Crippen molar-refractivity contribution in [2.75, 3.05) is 19.7 Å². The number of likely N-dealkylation sites (tertiary alicyclic amines) is 1. The average Bonchev–Trinajstić information content (AvgIpc) is 3.06. The maximum absolute atomic E-state index is 12.8. The summed E-state index contributed by atoms with van der Waals surface area (Å²) in [4.78, 5) is 36.5. The number of hydrogen-bond donors (Lipinski definition) is 2. The van der Waals surface area contributed by atoms with Crippen molar-refractivity contribution in [2.45, 2.75) is 65.0 Å². The van der Waals surface area contributed by atoms with Gasteiger partial charge in [-0.05, 0) is 57.4 Å². The van der Waals surface area contributed by atoms with Crippen molar-refractivity contribution in [3.8, 4) is 0 Å². The zero-order valence-electron chi connectivity index (χ0n) is 17.4. The fraction of sp³-hybridized carbons (Fsp3) is 0.667. The lowest BCUT2D eigenvalue weighted by atomic mass is 9.89. The molecule has 1 aliphatic heterocycles. The van der Waals surface area contributed by atoms with Gasteiger partial charge in [0.15, 0.2) is 0 Å². The molecule has 3 heterocycles. The number of nitrogens with zero attached hydrogens (tertiary/aromatic N) is 2. The molecule has 1 saturated heterocycles. The molecule has 2 aliphatic rings. The minimum absolute atomic E-state index is 0.0113. The smallest absolute Gasteiger partial charge is 0.409 e. The molecule has 29 heavy (non-hydrogen) atoms. The maximum Gasteiger partial charge on any atom is 0.409 e. The number of piperidine rings is 1. The number of aromatic nitrogens is 2. The molecule has 7 nitrogen and oxygen atoms in total. The number of aromatic amines is 1. The summed E-state index contributed by atoms with van der Waals surface area (Å²) < 4.78 is 5.08. The van der Waals surface area contributed by atoms with Gasteiger partial charge in [-0.15, -0.1) is 11.3 Å². The molecule has 0 radical (unpaired) electrons. The van der Waals surface area contributed by atoms with E-state index >= 15 is 0 Å². The van der Waals surface area contributed by atoms with Gasteiger partial charge in [0.1, 0.15) is 10.7 Å². The summed E-state index contributed by atoms with van der Waals surface area (Å²) in [5, 5.41) is 4.38. The third-order valence-electron chi connectivity index (χ3n) is 6.10. The van der Waals surface area contributed by atoms with Crippen LogP contribution in [-0.2, 0) is 17.6 Å². The van der Waals surface area contributed by atoms with E-state index in [1.165, 1.54) is 10.4 Å². The number of carbonyl (C=O) groups excluding carboxylic acids is 1. The number of carbonyl (C=O) groups is 1. The lowest BCUT2D eigenvalue weighted by Gasteiger charge is -2.33. The van der Waals surface area contributed by atoms with Gasteiger partial charge in [-0.1, -0.05) is 6.92 Å². The molecule has 158 valence electrons. The number of aryl methyl sites for hydroxylation is 1. The summed E-state index contributed by atoms with van der Waals surface area (Å²) in [7, 11) is 0. The Kier molecular flexibility index (Phi) is 5.92. The van der Waals surface area contributed by atoms with Crippen molar-refractivity contribution in [3.63, 3.8) is 0 Å². The van der Waals surface area contributed by atoms with Crippen molar-refractivity contribution < 1.29 is 9.53 Å². The molecule has 8 heteroatoms. The Labute approximate surface area is 174 Å². The number of H-pyrrole nitrogens is 1. The second-order valence-electron chi connectivity index (χ2n) is 8.33. The first kappa shape index (κ1) is 20.3. The molecule has 1 fully saturated rings. The maximum atomic E-state index is 12.8. The zero-order chi connectivity index (χ0) is 20.5. The van der Waals surface area contributed by atoms with Gasteiger partial charge in [0.2, 0.25) is 0 Å². The Balaban J connectivity index is 1.45. The summed E-state index contributed by atoms with van der Waals surface area (Å²) in [5.74, 6) is 1.37. The summed E-state index contributed by atoms with van der Waals surface area (Å²) in [6.45, 7) is 7.90. The van der Waals surface area contributed by atoms with Crippen LogP contribution >= 0.6 is 11.3 Å². The monoisotopic (exact) mass is 418 g/mol. The fourth-order valence-electron chi connectivity index (χ4n) is 4.45. The van der Waals surface area contributed by atoms with Gasteiger partial charge in [0.25, 0.3) is 5.56 Å². The number of fused-ring (bicyclic) bond motifs is 3. The second kappa shape index (κ2) is 8.44. The lowest BCUT2D eigenvalue weighted by Crippen LogP contribution is -2.45. The third-order valence-corrected chi connectivity index (χ3v) is 7.25. The molecule has 1 amide bonds. The first-order chi connectivity index (χ1) is 14.0. The van der Waals surface area contributed by atoms with E-state index in [0.29, 0.717) is 31.4 Å². The Hall–Kier alpha value is -1.93. The number of amides is 1. The number of thiophene rings is 1. The summed E-state index contributed by atoms with van der Waals surface area (Å²) in [6.07, 6.45) is 4.67. The van der Waals surface area contributed by atoms with Crippen LogP contribution in [0.5, 0.6) is 0 Å². The van der Waals surface area contributed by atoms with Gasteiger partial charge in [-0.2, -0.15) is 0 Å². The largest absolute Gasteiger partial charge is 0.450 e. The highest BCUT2D eigenvalue weighted by molar-refractivity contribution is 7.18. The van der Waals surface area contributed by atoms with Crippen LogP contribution in [0.1, 0.15) is 62.3 Å². The van der Waals surface area contributed by atoms with Crippen molar-refractivity contribution in [1.29, 1.82) is 0 Å². The normalized spacial score (nSPS) is 21.2. The van der Waals surface area contributed by atoms with E-state index in [1.807, 2.05) is 13.8 Å². The van der Waals surface area contributed by atoms with Crippen LogP contribution in [0.15, 0.2) is 4.79 Å². The Morgan fingerprint density at radius 1 is 1.38 bits per heavy atom. The molecule has 2 N–H and O–H groups in total. The Bertz CT molecular complexity index is 945. The van der Waals surface area contributed by atoms with Gasteiger partial charge in [-0.3, -0.25) is 4.79 Å². The van der Waals surface area contributed by atoms with Crippen molar-refractivity contribution >= 4 is 27.6 Å². The van der Waals surface area contributed by atoms with Crippen LogP contribution in [0.3, 0.4) is 0 Å². The minimum Gasteiger partial charge on any atom is -0.450 e. The SMILES string of the molecule is CCOC(=O)N1CCC(NC(C)c2nc3sc4c(c3c(=O)[nH]2)CCC(C)C4)CC1. The minimum atomic E-state index is -0.230. The molecule has 0 spiro atoms. The molecule has 2 aromatic heterocycles. The first-order valence-corrected chi connectivity index (χ1v) is 11.5. The van der Waals surface area contributed by atoms with Crippen LogP contribution in [0.4, 0.5) is 4.79 Å². The van der Waals surface area contributed by atoms with E-state index < -0.39 is 0 Å². The van der Waals surface area contributed by atoms with E-state index in [4.69, 9.17) is 9.72 Å². The van der Waals surface area contributed by atoms with Crippen LogP contribution in [0, 0.1) is 5.92 Å². The fourth-order valence-corrected chi connectivity index (χ4v) is 5.84. The molecule has 0 bridgehead atoms. The van der Waals surface area contributed by atoms with Crippen molar-refractivity contribution in [2.24, 2.45) is 5.92 Å². The van der Waals surface area contributed by atoms with E-state index in [1.54, 1.807) is 16.2 Å². The number of rotatable bonds is 4. The van der Waals surface area contributed by atoms with Crippen LogP contribution < -0.4 is 10.9 Å². The number of hydrogen-bond acceptors (Lipinski definition) is 6. The molecule has 4 rings (SSSR count). The standard InChI is InChI=1S/C21H30N4O3S/c1-4-28-21(27)25-9-7-14(8-10-25)22-13(3)18-23-19(26)17-15-6-5-12(2)11-16(15)29-20(17)24-18/h12-14,22H,4-11H2,1-3H3,(H,23,24,26). The third kappa shape index (κ3) is 4.19. The molecule has 2 atom stereocenters. The van der Waals surface area contributed by atoms with E-state index in [2.05, 4.69) is 17.2 Å². The van der Waals surface area contributed by atoms with E-state index in [9.17, 15) is 9.59 Å². The van der Waals surface area contributed by atoms with Crippen molar-refractivity contribution in [1.82, 2.24) is 20.2 Å². The van der Waals surface area contributed by atoms with Gasteiger partial charge in [0.05, 0.1) is 18.0 Å². The summed E-state index contributed by atoms with van der Waals surface area (Å²) in [5.41, 5.74) is 1.21. The summed E-state index contributed by atoms with van der Waals surface area (Å²) in [6, 6.07) is 0.235. The number of nitrogens with one attached hydrogen (secondary N) is 2. The average molecular weight is 419 g/mol. The van der Waals surface area contributed by atoms with E-state index in [-0.39, 0.29) is 23.7 Å². The molecule has 1 aliphatic carbocycles. The lowest BCUT2D eigenvalue weighted by molar-refractivity contribution is 0.0943. The first-order valence-electron chi connectivity index (χ1n) is 10.7. The van der Waals surface area contributed by atoms with Gasteiger partial charge in [-0.25, -0.2) is 9.78 Å². The Morgan fingerprint density at radius 3 is 2.86 bits per heavy atom. The van der Waals surface area contributed by atoms with E-state index in [0.717, 1.165) is 42.3 Å². The predicted molar refractivity (Wildman–Crippen MR) is 115 cm³/mol. The van der Waals surface area contributed by atoms with Crippen molar-refractivity contribution in [3.05, 3.63) is 26.6 Å². The topological polar surface area (TPSA) is 87.3 Å². The molecule has 0 saturated carbocycles. The van der Waals surface area contributed by atoms with Crippen LogP contribution in [0.25, 0.3) is 10.2 Å². The molecular weight excluding hydrogens is 388 g/mol. The molecular formula is C21H30N4O3S. The zero-order valence-corrected chi connectivity index (χ0v) is 18.2. The van der Waals surface area contributed by atoms with Crippen LogP contribution in [-0.4, -0.2) is 46.7 Å². The van der Waals surface area contributed by atoms with Gasteiger partial charge in [0, 0.05) is 24.0 Å². The highest BCUT2D eigenvalue weighted by Gasteiger charge is 2.26. The highest BCUT2D eigenvalue weighted by Crippen LogP contribution is 2.35.